The largest absolute Gasteiger partial charge is 0.489 e. The van der Waals surface area contributed by atoms with Gasteiger partial charge in [0.05, 0.1) is 16.7 Å². The second-order valence-electron chi connectivity index (χ2n) is 9.56. The van der Waals surface area contributed by atoms with Crippen LogP contribution in [0.15, 0.2) is 76.7 Å². The van der Waals surface area contributed by atoms with E-state index in [0.717, 1.165) is 17.5 Å². The van der Waals surface area contributed by atoms with E-state index < -0.39 is 16.1 Å². The maximum absolute atomic E-state index is 13.1. The molecular formula is C27H31N7O5S. The van der Waals surface area contributed by atoms with Crippen molar-refractivity contribution < 1.29 is 18.3 Å². The van der Waals surface area contributed by atoms with E-state index in [4.69, 9.17) is 4.74 Å². The number of rotatable bonds is 11. The number of aliphatic hydroxyl groups is 1. The molecule has 2 aromatic heterocycles. The summed E-state index contributed by atoms with van der Waals surface area (Å²) < 4.78 is 37.3. The Kier molecular flexibility index (Phi) is 8.24. The Morgan fingerprint density at radius 3 is 2.73 bits per heavy atom. The van der Waals surface area contributed by atoms with Gasteiger partial charge in [0.15, 0.2) is 0 Å². The van der Waals surface area contributed by atoms with E-state index in [9.17, 15) is 18.3 Å². The van der Waals surface area contributed by atoms with Crippen molar-refractivity contribution >= 4 is 15.7 Å². The minimum atomic E-state index is -3.85. The van der Waals surface area contributed by atoms with E-state index in [1.807, 2.05) is 13.0 Å². The van der Waals surface area contributed by atoms with Crippen molar-refractivity contribution in [3.8, 4) is 11.4 Å². The van der Waals surface area contributed by atoms with Crippen molar-refractivity contribution in [1.82, 2.24) is 30.1 Å². The molecule has 13 heteroatoms. The number of anilines is 1. The lowest BCUT2D eigenvalue weighted by molar-refractivity contribution is 0.146. The van der Waals surface area contributed by atoms with Crippen LogP contribution in [0.4, 0.5) is 5.69 Å². The molecule has 3 heterocycles. The van der Waals surface area contributed by atoms with Crippen LogP contribution >= 0.6 is 0 Å². The van der Waals surface area contributed by atoms with Crippen LogP contribution in [0.5, 0.6) is 5.75 Å². The lowest BCUT2D eigenvalue weighted by atomic mass is 10.0. The van der Waals surface area contributed by atoms with Crippen LogP contribution in [0.2, 0.25) is 0 Å². The number of sulfonamides is 1. The summed E-state index contributed by atoms with van der Waals surface area (Å²) in [7, 11) is -3.85. The van der Waals surface area contributed by atoms with Gasteiger partial charge in [-0.15, -0.1) is 0 Å². The highest BCUT2D eigenvalue weighted by atomic mass is 32.2. The molecule has 210 valence electrons. The number of pyridine rings is 1. The van der Waals surface area contributed by atoms with Crippen LogP contribution < -0.4 is 20.5 Å². The number of benzene rings is 2. The van der Waals surface area contributed by atoms with Crippen LogP contribution in [0.25, 0.3) is 5.69 Å². The summed E-state index contributed by atoms with van der Waals surface area (Å²) in [5, 5.41) is 21.3. The highest BCUT2D eigenvalue weighted by Gasteiger charge is 2.23. The van der Waals surface area contributed by atoms with E-state index >= 15 is 0 Å². The molecular weight excluding hydrogens is 534 g/mol. The molecule has 2 aromatic carbocycles. The van der Waals surface area contributed by atoms with E-state index in [1.165, 1.54) is 15.4 Å². The van der Waals surface area contributed by atoms with Gasteiger partial charge >= 0.3 is 5.69 Å². The average molecular weight is 566 g/mol. The van der Waals surface area contributed by atoms with Gasteiger partial charge in [0.2, 0.25) is 0 Å². The van der Waals surface area contributed by atoms with Crippen molar-refractivity contribution in [3.05, 3.63) is 88.6 Å². The molecule has 0 amide bonds. The van der Waals surface area contributed by atoms with Gasteiger partial charge in [0.1, 0.15) is 11.9 Å². The summed E-state index contributed by atoms with van der Waals surface area (Å²) in [4.78, 5) is 16.5. The van der Waals surface area contributed by atoms with Gasteiger partial charge in [-0.2, -0.15) is 9.36 Å². The quantitative estimate of drug-likeness (QED) is 0.248. The molecule has 0 spiro atoms. The molecule has 5 rings (SSSR count). The Morgan fingerprint density at radius 1 is 1.15 bits per heavy atom. The van der Waals surface area contributed by atoms with Crippen molar-refractivity contribution in [2.75, 3.05) is 17.8 Å². The summed E-state index contributed by atoms with van der Waals surface area (Å²) in [5.41, 5.74) is 2.05. The zero-order chi connectivity index (χ0) is 28.1. The number of nitrogens with zero attached hydrogens (tertiary/aromatic N) is 5. The number of aryl methyl sites for hydroxylation is 2. The van der Waals surface area contributed by atoms with Gasteiger partial charge in [0.25, 0.3) is 10.0 Å². The number of fused-ring (bicyclic) bond motifs is 1. The van der Waals surface area contributed by atoms with Crippen LogP contribution in [0, 0.1) is 0 Å². The predicted molar refractivity (Wildman–Crippen MR) is 148 cm³/mol. The van der Waals surface area contributed by atoms with Gasteiger partial charge in [-0.3, -0.25) is 9.71 Å². The highest BCUT2D eigenvalue weighted by Crippen LogP contribution is 2.30. The molecule has 2 atom stereocenters. The summed E-state index contributed by atoms with van der Waals surface area (Å²) >= 11 is 0. The molecule has 1 unspecified atom stereocenters. The molecule has 0 aliphatic carbocycles. The lowest BCUT2D eigenvalue weighted by Crippen LogP contribution is -2.36. The van der Waals surface area contributed by atoms with Gasteiger partial charge in [-0.25, -0.2) is 13.2 Å². The van der Waals surface area contributed by atoms with Gasteiger partial charge in [-0.1, -0.05) is 13.0 Å². The molecule has 0 radical (unpaired) electrons. The van der Waals surface area contributed by atoms with E-state index in [2.05, 4.69) is 25.4 Å². The SMILES string of the molecule is CCCn1nnn(-c2ccc(NS(=O)(=O)c3ccc4c(c3)CCC(CNC[C@H](O)c3cccnc3)O4)cc2)c1=O. The van der Waals surface area contributed by atoms with Crippen molar-refractivity contribution in [2.45, 2.75) is 49.8 Å². The molecule has 40 heavy (non-hydrogen) atoms. The third-order valence-electron chi connectivity index (χ3n) is 6.59. The number of hydrogen-bond donors (Lipinski definition) is 3. The molecule has 0 saturated carbocycles. The summed E-state index contributed by atoms with van der Waals surface area (Å²) in [6.45, 7) is 3.33. The Hall–Kier alpha value is -4.07. The number of tetrazole rings is 1. The third kappa shape index (κ3) is 6.22. The van der Waals surface area contributed by atoms with Crippen LogP contribution in [-0.4, -0.2) is 57.5 Å². The zero-order valence-corrected chi connectivity index (χ0v) is 22.8. The van der Waals surface area contributed by atoms with Crippen LogP contribution in [-0.2, 0) is 23.0 Å². The Labute approximate surface area is 231 Å². The first-order valence-corrected chi connectivity index (χ1v) is 14.6. The number of aromatic nitrogens is 5. The Bertz CT molecular complexity index is 1600. The first-order chi connectivity index (χ1) is 19.3. The molecule has 3 N–H and O–H groups in total. The van der Waals surface area contributed by atoms with E-state index in [-0.39, 0.29) is 16.7 Å². The second-order valence-corrected chi connectivity index (χ2v) is 11.2. The van der Waals surface area contributed by atoms with E-state index in [0.29, 0.717) is 49.6 Å². The van der Waals surface area contributed by atoms with Gasteiger partial charge < -0.3 is 15.2 Å². The first-order valence-electron chi connectivity index (χ1n) is 13.1. The Balaban J connectivity index is 1.18. The van der Waals surface area contributed by atoms with E-state index in [1.54, 1.807) is 54.9 Å². The van der Waals surface area contributed by atoms with Gasteiger partial charge in [0, 0.05) is 43.3 Å². The number of aliphatic hydroxyl groups excluding tert-OH is 1. The summed E-state index contributed by atoms with van der Waals surface area (Å²) in [6, 6.07) is 14.8. The van der Waals surface area contributed by atoms with Crippen LogP contribution in [0.1, 0.15) is 37.0 Å². The standard InChI is InChI=1S/C27H31N7O5S/c1-2-14-33-27(36)34(32-31-33)22-8-6-21(7-9-22)30-40(37,38)24-11-12-26-19(15-24)5-10-23(39-26)17-29-18-25(35)20-4-3-13-28-16-20/h3-4,6-9,11-13,15-16,23,25,29-30,35H,2,5,10,14,17-18H2,1H3/t23?,25-/m0/s1. The number of ether oxygens (including phenoxy) is 1. The Morgan fingerprint density at radius 2 is 1.98 bits per heavy atom. The average Bonchev–Trinajstić information content (AvgIpc) is 3.33. The zero-order valence-electron chi connectivity index (χ0n) is 22.0. The van der Waals surface area contributed by atoms with Gasteiger partial charge in [-0.05, 0) is 83.8 Å². The molecule has 12 nitrogen and oxygen atoms in total. The smallest absolute Gasteiger partial charge is 0.368 e. The van der Waals surface area contributed by atoms with Crippen molar-refractivity contribution in [1.29, 1.82) is 0 Å². The number of hydrogen-bond acceptors (Lipinski definition) is 9. The van der Waals surface area contributed by atoms with Crippen molar-refractivity contribution in [2.24, 2.45) is 0 Å². The summed E-state index contributed by atoms with van der Waals surface area (Å²) in [6.07, 6.45) is 4.68. The molecule has 1 aliphatic heterocycles. The first kappa shape index (κ1) is 27.5. The predicted octanol–water partition coefficient (Wildman–Crippen LogP) is 2.05. The summed E-state index contributed by atoms with van der Waals surface area (Å²) in [5.74, 6) is 0.649. The molecule has 0 bridgehead atoms. The molecule has 0 fully saturated rings. The minimum absolute atomic E-state index is 0.0937. The van der Waals surface area contributed by atoms with Crippen molar-refractivity contribution in [3.63, 3.8) is 0 Å². The fourth-order valence-electron chi connectivity index (χ4n) is 4.48. The third-order valence-corrected chi connectivity index (χ3v) is 7.97. The number of nitrogens with one attached hydrogen (secondary N) is 2. The van der Waals surface area contributed by atoms with Crippen LogP contribution in [0.3, 0.4) is 0 Å². The second kappa shape index (κ2) is 12.0. The fourth-order valence-corrected chi connectivity index (χ4v) is 5.59. The molecule has 1 aliphatic rings. The fraction of sp³-hybridized carbons (Fsp3) is 0.333. The molecule has 0 saturated heterocycles. The topological polar surface area (TPSA) is 153 Å². The maximum atomic E-state index is 13.1. The lowest BCUT2D eigenvalue weighted by Gasteiger charge is -2.27. The maximum Gasteiger partial charge on any atom is 0.368 e. The normalized spacial score (nSPS) is 15.7. The monoisotopic (exact) mass is 565 g/mol. The molecule has 4 aromatic rings. The highest BCUT2D eigenvalue weighted by molar-refractivity contribution is 7.92. The minimum Gasteiger partial charge on any atom is -0.489 e.